The molecule has 0 aromatic heterocycles. The molecule has 106 valence electrons. The van der Waals surface area contributed by atoms with Gasteiger partial charge in [0, 0.05) is 18.8 Å². The molecule has 0 fully saturated rings. The topological polar surface area (TPSA) is 38.5 Å². The Hall–Kier alpha value is -1.52. The monoisotopic (exact) mass is 334 g/mol. The summed E-state index contributed by atoms with van der Waals surface area (Å²) in [6.07, 6.45) is 0. The van der Waals surface area contributed by atoms with Gasteiger partial charge >= 0.3 is 0 Å². The molecule has 0 amide bonds. The Labute approximate surface area is 128 Å². The predicted octanol–water partition coefficient (Wildman–Crippen LogP) is 3.67. The van der Waals surface area contributed by atoms with Crippen LogP contribution in [0.15, 0.2) is 46.9 Å². The molecule has 0 spiro atoms. The summed E-state index contributed by atoms with van der Waals surface area (Å²) in [5, 5.41) is 0. The number of nitrogen functional groups attached to an aromatic ring is 1. The minimum atomic E-state index is 0.830. The van der Waals surface area contributed by atoms with Crippen molar-refractivity contribution in [3.05, 3.63) is 58.1 Å². The second-order valence-corrected chi connectivity index (χ2v) is 5.69. The van der Waals surface area contributed by atoms with Crippen molar-refractivity contribution in [3.63, 3.8) is 0 Å². The van der Waals surface area contributed by atoms with E-state index in [-0.39, 0.29) is 0 Å². The number of nitrogens with zero attached hydrogens (tertiary/aromatic N) is 1. The van der Waals surface area contributed by atoms with E-state index in [0.717, 1.165) is 34.6 Å². The average Bonchev–Trinajstić information content (AvgIpc) is 2.41. The van der Waals surface area contributed by atoms with Crippen molar-refractivity contribution in [3.8, 4) is 5.75 Å². The standard InChI is InChI=1S/C16H19BrN2O/c1-19(11-13-5-3-4-6-15(13)18)10-12-7-8-16(20-2)14(17)9-12/h3-9H,10-11,18H2,1-2H3. The molecule has 0 unspecified atom stereocenters. The van der Waals surface area contributed by atoms with E-state index in [1.54, 1.807) is 7.11 Å². The van der Waals surface area contributed by atoms with Crippen molar-refractivity contribution in [2.45, 2.75) is 13.1 Å². The summed E-state index contributed by atoms with van der Waals surface area (Å²) in [5.74, 6) is 0.851. The van der Waals surface area contributed by atoms with Gasteiger partial charge in [0.1, 0.15) is 5.75 Å². The molecule has 2 aromatic rings. The van der Waals surface area contributed by atoms with Gasteiger partial charge in [-0.25, -0.2) is 0 Å². The maximum Gasteiger partial charge on any atom is 0.133 e. The van der Waals surface area contributed by atoms with Crippen molar-refractivity contribution in [2.75, 3.05) is 19.9 Å². The highest BCUT2D eigenvalue weighted by Crippen LogP contribution is 2.26. The molecule has 4 heteroatoms. The van der Waals surface area contributed by atoms with Gasteiger partial charge < -0.3 is 10.5 Å². The zero-order valence-electron chi connectivity index (χ0n) is 11.8. The zero-order valence-corrected chi connectivity index (χ0v) is 13.4. The molecule has 0 saturated carbocycles. The second kappa shape index (κ2) is 6.77. The zero-order chi connectivity index (χ0) is 14.5. The van der Waals surface area contributed by atoms with Gasteiger partial charge in [-0.2, -0.15) is 0 Å². The summed E-state index contributed by atoms with van der Waals surface area (Å²) in [7, 11) is 3.76. The summed E-state index contributed by atoms with van der Waals surface area (Å²) in [5.41, 5.74) is 9.20. The fraction of sp³-hybridized carbons (Fsp3) is 0.250. The van der Waals surface area contributed by atoms with Crippen LogP contribution in [0, 0.1) is 0 Å². The van der Waals surface area contributed by atoms with E-state index in [1.807, 2.05) is 24.3 Å². The molecule has 2 N–H and O–H groups in total. The SMILES string of the molecule is COc1ccc(CN(C)Cc2ccccc2N)cc1Br. The minimum absolute atomic E-state index is 0.830. The molecule has 0 bridgehead atoms. The van der Waals surface area contributed by atoms with Crippen molar-refractivity contribution < 1.29 is 4.74 Å². The fourth-order valence-electron chi connectivity index (χ4n) is 2.14. The van der Waals surface area contributed by atoms with Gasteiger partial charge in [0.2, 0.25) is 0 Å². The molecule has 0 radical (unpaired) electrons. The number of halogens is 1. The normalized spacial score (nSPS) is 10.8. The van der Waals surface area contributed by atoms with Crippen LogP contribution in [0.3, 0.4) is 0 Å². The number of hydrogen-bond acceptors (Lipinski definition) is 3. The van der Waals surface area contributed by atoms with Gasteiger partial charge in [0.25, 0.3) is 0 Å². The Morgan fingerprint density at radius 3 is 2.55 bits per heavy atom. The van der Waals surface area contributed by atoms with Crippen molar-refractivity contribution in [1.29, 1.82) is 0 Å². The molecule has 0 aliphatic rings. The average molecular weight is 335 g/mol. The van der Waals surface area contributed by atoms with Gasteiger partial charge in [-0.3, -0.25) is 4.90 Å². The molecule has 2 rings (SSSR count). The number of ether oxygens (including phenoxy) is 1. The number of para-hydroxylation sites is 1. The number of rotatable bonds is 5. The van der Waals surface area contributed by atoms with Gasteiger partial charge in [-0.05, 0) is 52.3 Å². The van der Waals surface area contributed by atoms with Crippen molar-refractivity contribution in [1.82, 2.24) is 4.90 Å². The molecule has 0 heterocycles. The van der Waals surface area contributed by atoms with E-state index in [0.29, 0.717) is 0 Å². The highest BCUT2D eigenvalue weighted by molar-refractivity contribution is 9.10. The van der Waals surface area contributed by atoms with Crippen LogP contribution in [0.25, 0.3) is 0 Å². The number of benzene rings is 2. The first-order chi connectivity index (χ1) is 9.60. The van der Waals surface area contributed by atoms with Gasteiger partial charge in [0.05, 0.1) is 11.6 Å². The van der Waals surface area contributed by atoms with E-state index in [9.17, 15) is 0 Å². The van der Waals surface area contributed by atoms with E-state index in [4.69, 9.17) is 10.5 Å². The Balaban J connectivity index is 2.03. The van der Waals surface area contributed by atoms with E-state index < -0.39 is 0 Å². The maximum atomic E-state index is 5.97. The Kier molecular flexibility index (Phi) is 5.04. The molecule has 2 aromatic carbocycles. The van der Waals surface area contributed by atoms with Crippen LogP contribution in [-0.2, 0) is 13.1 Å². The Morgan fingerprint density at radius 2 is 1.90 bits per heavy atom. The third kappa shape index (κ3) is 3.74. The van der Waals surface area contributed by atoms with Crippen LogP contribution >= 0.6 is 15.9 Å². The van der Waals surface area contributed by atoms with Crippen molar-refractivity contribution in [2.24, 2.45) is 0 Å². The lowest BCUT2D eigenvalue weighted by Gasteiger charge is -2.18. The second-order valence-electron chi connectivity index (χ2n) is 4.84. The predicted molar refractivity (Wildman–Crippen MR) is 86.7 cm³/mol. The maximum absolute atomic E-state index is 5.97. The van der Waals surface area contributed by atoms with Gasteiger partial charge in [-0.15, -0.1) is 0 Å². The number of anilines is 1. The van der Waals surface area contributed by atoms with Crippen LogP contribution in [0.2, 0.25) is 0 Å². The third-order valence-electron chi connectivity index (χ3n) is 3.16. The smallest absolute Gasteiger partial charge is 0.133 e. The lowest BCUT2D eigenvalue weighted by Crippen LogP contribution is -2.18. The fourth-order valence-corrected chi connectivity index (χ4v) is 2.73. The third-order valence-corrected chi connectivity index (χ3v) is 3.78. The molecule has 0 aliphatic carbocycles. The summed E-state index contributed by atoms with van der Waals surface area (Å²) in [6.45, 7) is 1.69. The summed E-state index contributed by atoms with van der Waals surface area (Å²) in [4.78, 5) is 2.24. The first kappa shape index (κ1) is 14.9. The van der Waals surface area contributed by atoms with Crippen LogP contribution in [-0.4, -0.2) is 19.1 Å². The molecule has 0 saturated heterocycles. The quantitative estimate of drug-likeness (QED) is 0.848. The van der Waals surface area contributed by atoms with Crippen LogP contribution in [0.4, 0.5) is 5.69 Å². The molecule has 0 atom stereocenters. The Morgan fingerprint density at radius 1 is 1.15 bits per heavy atom. The lowest BCUT2D eigenvalue weighted by molar-refractivity contribution is 0.319. The highest BCUT2D eigenvalue weighted by Gasteiger charge is 2.06. The minimum Gasteiger partial charge on any atom is -0.496 e. The Bertz CT molecular complexity index is 586. The largest absolute Gasteiger partial charge is 0.496 e. The van der Waals surface area contributed by atoms with Gasteiger partial charge in [-0.1, -0.05) is 24.3 Å². The number of nitrogens with two attached hydrogens (primary N) is 1. The first-order valence-corrected chi connectivity index (χ1v) is 7.24. The molecular weight excluding hydrogens is 316 g/mol. The highest BCUT2D eigenvalue weighted by atomic mass is 79.9. The van der Waals surface area contributed by atoms with Gasteiger partial charge in [0.15, 0.2) is 0 Å². The van der Waals surface area contributed by atoms with Crippen molar-refractivity contribution >= 4 is 21.6 Å². The summed E-state index contributed by atoms with van der Waals surface area (Å²) in [6, 6.07) is 14.1. The molecular formula is C16H19BrN2O. The number of hydrogen-bond donors (Lipinski definition) is 1. The summed E-state index contributed by atoms with van der Waals surface area (Å²) < 4.78 is 6.22. The first-order valence-electron chi connectivity index (χ1n) is 6.44. The van der Waals surface area contributed by atoms with Crippen LogP contribution in [0.1, 0.15) is 11.1 Å². The van der Waals surface area contributed by atoms with E-state index >= 15 is 0 Å². The molecule has 0 aliphatic heterocycles. The van der Waals surface area contributed by atoms with E-state index in [1.165, 1.54) is 5.56 Å². The molecule has 20 heavy (non-hydrogen) atoms. The lowest BCUT2D eigenvalue weighted by atomic mass is 10.1. The summed E-state index contributed by atoms with van der Waals surface area (Å²) >= 11 is 3.51. The van der Waals surface area contributed by atoms with E-state index in [2.05, 4.69) is 46.1 Å². The molecule has 3 nitrogen and oxygen atoms in total. The number of methoxy groups -OCH3 is 1. The van der Waals surface area contributed by atoms with Crippen LogP contribution < -0.4 is 10.5 Å². The van der Waals surface area contributed by atoms with Crippen LogP contribution in [0.5, 0.6) is 5.75 Å².